The maximum absolute atomic E-state index is 7.65. The van der Waals surface area contributed by atoms with Gasteiger partial charge in [-0.2, -0.15) is 0 Å². The van der Waals surface area contributed by atoms with Gasteiger partial charge < -0.3 is 0 Å². The third-order valence-electron chi connectivity index (χ3n) is 6.52. The van der Waals surface area contributed by atoms with Crippen LogP contribution in [0.2, 0.25) is 6.04 Å². The maximum atomic E-state index is 7.65. The molecule has 1 aliphatic carbocycles. The summed E-state index contributed by atoms with van der Waals surface area (Å²) in [5.74, 6) is 0. The second-order valence-electron chi connectivity index (χ2n) is 8.50. The van der Waals surface area contributed by atoms with Crippen molar-refractivity contribution in [2.24, 2.45) is 0 Å². The van der Waals surface area contributed by atoms with Crippen LogP contribution in [-0.2, 0) is 13.1 Å². The van der Waals surface area contributed by atoms with E-state index in [9.17, 15) is 0 Å². The van der Waals surface area contributed by atoms with Crippen LogP contribution in [0.1, 0.15) is 42.4 Å². The lowest BCUT2D eigenvalue weighted by molar-refractivity contribution is 0.197. The molecule has 3 atom stereocenters. The van der Waals surface area contributed by atoms with Crippen LogP contribution in [0.3, 0.4) is 0 Å². The van der Waals surface area contributed by atoms with Crippen LogP contribution in [0.25, 0.3) is 0 Å². The molecule has 154 valence electrons. The van der Waals surface area contributed by atoms with Gasteiger partial charge in [0.2, 0.25) is 0 Å². The Morgan fingerprint density at radius 1 is 0.966 bits per heavy atom. The SMILES string of the molecule is C=CC[Si]1(Cl)N(Cc2ccc(C)cc2)C2CCCC[C@H]2N1Cc1ccc(Br)cc1. The highest BCUT2D eigenvalue weighted by Crippen LogP contribution is 2.45. The van der Waals surface area contributed by atoms with Crippen LogP contribution in [-0.4, -0.2) is 28.9 Å². The molecule has 0 bridgehead atoms. The molecule has 0 radical (unpaired) electrons. The number of allylic oxidation sites excluding steroid dienone is 1. The van der Waals surface area contributed by atoms with E-state index in [2.05, 4.69) is 87.1 Å². The van der Waals surface area contributed by atoms with Crippen molar-refractivity contribution in [2.75, 3.05) is 0 Å². The van der Waals surface area contributed by atoms with Crippen molar-refractivity contribution < 1.29 is 0 Å². The Labute approximate surface area is 189 Å². The number of hydrogen-bond acceptors (Lipinski definition) is 2. The zero-order valence-corrected chi connectivity index (χ0v) is 20.5. The fourth-order valence-corrected chi connectivity index (χ4v) is 10.4. The average Bonchev–Trinajstić information content (AvgIpc) is 2.94. The Morgan fingerprint density at radius 3 is 1.93 bits per heavy atom. The van der Waals surface area contributed by atoms with E-state index in [-0.39, 0.29) is 0 Å². The molecule has 0 spiro atoms. The van der Waals surface area contributed by atoms with Gasteiger partial charge in [-0.25, -0.2) is 0 Å². The fourth-order valence-electron chi connectivity index (χ4n) is 5.06. The van der Waals surface area contributed by atoms with Crippen molar-refractivity contribution in [3.63, 3.8) is 0 Å². The summed E-state index contributed by atoms with van der Waals surface area (Å²) in [7, 11) is -2.36. The summed E-state index contributed by atoms with van der Waals surface area (Å²) in [6, 6.07) is 19.7. The minimum absolute atomic E-state index is 0.557. The first-order valence-corrected chi connectivity index (χ1v) is 14.6. The Hall–Kier alpha value is -0.913. The van der Waals surface area contributed by atoms with Gasteiger partial charge in [-0.1, -0.05) is 76.8 Å². The second kappa shape index (κ2) is 9.07. The maximum Gasteiger partial charge on any atom is 0.312 e. The normalized spacial score (nSPS) is 27.7. The van der Waals surface area contributed by atoms with Gasteiger partial charge in [-0.3, -0.25) is 9.13 Å². The predicted molar refractivity (Wildman–Crippen MR) is 129 cm³/mol. The molecule has 0 aromatic heterocycles. The molecular weight excluding hydrogens is 460 g/mol. The van der Waals surface area contributed by atoms with Crippen LogP contribution >= 0.6 is 27.0 Å². The number of benzene rings is 2. The molecule has 1 saturated carbocycles. The average molecular weight is 490 g/mol. The summed E-state index contributed by atoms with van der Waals surface area (Å²) in [6.07, 6.45) is 7.18. The van der Waals surface area contributed by atoms with E-state index in [4.69, 9.17) is 11.1 Å². The molecular formula is C24H30BrClN2Si. The molecule has 4 rings (SSSR count). The molecule has 1 saturated heterocycles. The number of nitrogens with zero attached hydrogens (tertiary/aromatic N) is 2. The topological polar surface area (TPSA) is 6.48 Å². The van der Waals surface area contributed by atoms with E-state index in [1.807, 2.05) is 6.08 Å². The van der Waals surface area contributed by atoms with Gasteiger partial charge in [0.05, 0.1) is 0 Å². The van der Waals surface area contributed by atoms with Gasteiger partial charge in [0.1, 0.15) is 0 Å². The van der Waals surface area contributed by atoms with Gasteiger partial charge in [-0.05, 0) is 43.0 Å². The first-order chi connectivity index (χ1) is 14.0. The molecule has 0 N–H and O–H groups in total. The van der Waals surface area contributed by atoms with Crippen LogP contribution in [0.4, 0.5) is 0 Å². The van der Waals surface area contributed by atoms with Gasteiger partial charge in [0, 0.05) is 35.7 Å². The molecule has 1 heterocycles. The molecule has 2 unspecified atom stereocenters. The van der Waals surface area contributed by atoms with Gasteiger partial charge in [0.15, 0.2) is 0 Å². The monoisotopic (exact) mass is 488 g/mol. The summed E-state index contributed by atoms with van der Waals surface area (Å²) < 4.78 is 6.51. The Bertz CT molecular complexity index is 775. The summed E-state index contributed by atoms with van der Waals surface area (Å²) in [4.78, 5) is 0. The second-order valence-corrected chi connectivity index (χ2v) is 14.2. The van der Waals surface area contributed by atoms with Crippen molar-refractivity contribution in [3.8, 4) is 0 Å². The molecule has 2 nitrogen and oxygen atoms in total. The lowest BCUT2D eigenvalue weighted by atomic mass is 9.90. The lowest BCUT2D eigenvalue weighted by Gasteiger charge is -2.37. The van der Waals surface area contributed by atoms with Crippen molar-refractivity contribution in [3.05, 3.63) is 82.3 Å². The molecule has 5 heteroatoms. The Morgan fingerprint density at radius 2 is 1.45 bits per heavy atom. The number of fused-ring (bicyclic) bond motifs is 1. The molecule has 2 aliphatic rings. The standard InChI is InChI=1S/C24H30BrClN2Si/c1-3-16-29(26)27(17-20-10-8-19(2)9-11-20)23-6-4-5-7-24(23)28(29)18-21-12-14-22(25)15-13-21/h3,8-15,23-24H,1,4-7,16-18H2,2H3/t23?,24-,29?/m1/s1. The quantitative estimate of drug-likeness (QED) is 0.251. The van der Waals surface area contributed by atoms with E-state index < -0.39 is 7.71 Å². The van der Waals surface area contributed by atoms with E-state index >= 15 is 0 Å². The highest BCUT2D eigenvalue weighted by Gasteiger charge is 2.58. The van der Waals surface area contributed by atoms with Gasteiger partial charge >= 0.3 is 7.71 Å². The van der Waals surface area contributed by atoms with Crippen LogP contribution in [0.15, 0.2) is 65.7 Å². The largest absolute Gasteiger partial charge is 0.312 e. The number of rotatable bonds is 6. The minimum Gasteiger partial charge on any atom is -0.291 e. The summed E-state index contributed by atoms with van der Waals surface area (Å²) in [6.45, 7) is 8.11. The fraction of sp³-hybridized carbons (Fsp3) is 0.417. The van der Waals surface area contributed by atoms with Crippen molar-refractivity contribution in [2.45, 2.75) is 63.8 Å². The van der Waals surface area contributed by atoms with E-state index in [0.717, 1.165) is 23.6 Å². The number of aryl methyl sites for hydroxylation is 1. The first kappa shape index (κ1) is 21.3. The number of hydrogen-bond donors (Lipinski definition) is 0. The summed E-state index contributed by atoms with van der Waals surface area (Å²) in [5.41, 5.74) is 4.02. The highest BCUT2D eigenvalue weighted by molar-refractivity contribution is 9.10. The Balaban J connectivity index is 1.67. The third kappa shape index (κ3) is 4.42. The zero-order valence-electron chi connectivity index (χ0n) is 17.2. The van der Waals surface area contributed by atoms with Crippen LogP contribution in [0.5, 0.6) is 0 Å². The van der Waals surface area contributed by atoms with Crippen molar-refractivity contribution in [1.29, 1.82) is 0 Å². The molecule has 29 heavy (non-hydrogen) atoms. The first-order valence-electron chi connectivity index (χ1n) is 10.6. The minimum atomic E-state index is -2.36. The molecule has 2 aromatic carbocycles. The lowest BCUT2D eigenvalue weighted by Crippen LogP contribution is -2.55. The van der Waals surface area contributed by atoms with E-state index in [1.54, 1.807) is 0 Å². The highest BCUT2D eigenvalue weighted by atomic mass is 79.9. The van der Waals surface area contributed by atoms with Crippen molar-refractivity contribution >= 4 is 34.7 Å². The molecule has 2 aromatic rings. The zero-order chi connectivity index (χ0) is 20.4. The summed E-state index contributed by atoms with van der Waals surface area (Å²) >= 11 is 11.2. The van der Waals surface area contributed by atoms with Gasteiger partial charge in [-0.15, -0.1) is 17.7 Å². The number of halogens is 2. The summed E-state index contributed by atoms with van der Waals surface area (Å²) in [5, 5.41) is 0. The molecule has 2 fully saturated rings. The smallest absolute Gasteiger partial charge is 0.291 e. The van der Waals surface area contributed by atoms with Crippen molar-refractivity contribution in [1.82, 2.24) is 9.13 Å². The molecule has 0 amide bonds. The predicted octanol–water partition coefficient (Wildman–Crippen LogP) is 6.75. The molecule has 1 aliphatic heterocycles. The van der Waals surface area contributed by atoms with Gasteiger partial charge in [0.25, 0.3) is 0 Å². The van der Waals surface area contributed by atoms with Crippen LogP contribution < -0.4 is 0 Å². The van der Waals surface area contributed by atoms with Crippen LogP contribution in [0, 0.1) is 6.92 Å². The third-order valence-corrected chi connectivity index (χ3v) is 12.4. The van der Waals surface area contributed by atoms with E-state index in [1.165, 1.54) is 42.4 Å². The van der Waals surface area contributed by atoms with E-state index in [0.29, 0.717) is 12.1 Å². The Kier molecular flexibility index (Phi) is 6.67.